The molecule has 6 nitrogen and oxygen atoms in total. The lowest BCUT2D eigenvalue weighted by atomic mass is 10.3. The van der Waals surface area contributed by atoms with Gasteiger partial charge in [-0.3, -0.25) is 9.88 Å². The van der Waals surface area contributed by atoms with Gasteiger partial charge in [0.1, 0.15) is 0 Å². The number of nitrogens with two attached hydrogens (primary N) is 1. The minimum atomic E-state index is 0.359. The number of methoxy groups -OCH3 is 1. The molecule has 3 N–H and O–H groups in total. The Balaban J connectivity index is 1.89. The summed E-state index contributed by atoms with van der Waals surface area (Å²) in [4.78, 5) is 10.7. The van der Waals surface area contributed by atoms with Crippen molar-refractivity contribution in [3.8, 4) is 0 Å². The van der Waals surface area contributed by atoms with E-state index in [-0.39, 0.29) is 0 Å². The first kappa shape index (κ1) is 11.3. The summed E-state index contributed by atoms with van der Waals surface area (Å²) in [6.07, 6.45) is 4.83. The quantitative estimate of drug-likeness (QED) is 0.552. The van der Waals surface area contributed by atoms with Crippen LogP contribution >= 0.6 is 0 Å². The van der Waals surface area contributed by atoms with E-state index >= 15 is 0 Å². The molecule has 0 spiro atoms. The van der Waals surface area contributed by atoms with Crippen LogP contribution in [-0.2, 0) is 11.3 Å². The Bertz CT molecular complexity index is 328. The molecule has 0 aliphatic carbocycles. The van der Waals surface area contributed by atoms with E-state index in [1.54, 1.807) is 19.5 Å². The smallest absolute Gasteiger partial charge is 0.158 e. The lowest BCUT2D eigenvalue weighted by Crippen LogP contribution is -2.23. The van der Waals surface area contributed by atoms with E-state index in [0.29, 0.717) is 11.9 Å². The van der Waals surface area contributed by atoms with Crippen molar-refractivity contribution in [1.29, 1.82) is 0 Å². The number of anilines is 1. The third-order valence-electron chi connectivity index (χ3n) is 2.80. The summed E-state index contributed by atoms with van der Waals surface area (Å²) < 4.78 is 5.31. The van der Waals surface area contributed by atoms with Crippen molar-refractivity contribution >= 4 is 5.82 Å². The Kier molecular flexibility index (Phi) is 3.66. The van der Waals surface area contributed by atoms with Crippen LogP contribution in [0, 0.1) is 0 Å². The summed E-state index contributed by atoms with van der Waals surface area (Å²) in [5.41, 5.74) is 3.41. The first-order valence-electron chi connectivity index (χ1n) is 5.34. The average molecular weight is 223 g/mol. The SMILES string of the molecule is COC1CCN(Cc2cnc(NN)cn2)C1. The molecule has 1 fully saturated rings. The number of nitrogens with zero attached hydrogens (tertiary/aromatic N) is 3. The molecule has 2 rings (SSSR count). The Morgan fingerprint density at radius 1 is 1.56 bits per heavy atom. The normalized spacial score (nSPS) is 21.2. The van der Waals surface area contributed by atoms with Gasteiger partial charge in [-0.2, -0.15) is 0 Å². The number of ether oxygens (including phenoxy) is 1. The molecule has 1 aliphatic rings. The van der Waals surface area contributed by atoms with E-state index < -0.39 is 0 Å². The fourth-order valence-corrected chi connectivity index (χ4v) is 1.87. The van der Waals surface area contributed by atoms with Gasteiger partial charge >= 0.3 is 0 Å². The lowest BCUT2D eigenvalue weighted by Gasteiger charge is -2.14. The summed E-state index contributed by atoms with van der Waals surface area (Å²) >= 11 is 0. The number of nitrogens with one attached hydrogen (secondary N) is 1. The molecule has 0 saturated carbocycles. The number of aromatic nitrogens is 2. The minimum absolute atomic E-state index is 0.359. The monoisotopic (exact) mass is 223 g/mol. The molecule has 16 heavy (non-hydrogen) atoms. The molecular weight excluding hydrogens is 206 g/mol. The van der Waals surface area contributed by atoms with E-state index in [4.69, 9.17) is 10.6 Å². The van der Waals surface area contributed by atoms with E-state index in [0.717, 1.165) is 31.7 Å². The average Bonchev–Trinajstić information content (AvgIpc) is 2.78. The first-order valence-corrected chi connectivity index (χ1v) is 5.34. The summed E-state index contributed by atoms with van der Waals surface area (Å²) in [6.45, 7) is 2.84. The fourth-order valence-electron chi connectivity index (χ4n) is 1.87. The first-order chi connectivity index (χ1) is 7.81. The molecule has 1 aliphatic heterocycles. The topological polar surface area (TPSA) is 76.3 Å². The standard InChI is InChI=1S/C10H17N5O/c1-16-9-2-3-15(7-9)6-8-4-13-10(14-11)5-12-8/h4-5,9H,2-3,6-7,11H2,1H3,(H,13,14). The third kappa shape index (κ3) is 2.66. The van der Waals surface area contributed by atoms with Crippen molar-refractivity contribution in [2.75, 3.05) is 25.6 Å². The van der Waals surface area contributed by atoms with E-state index in [1.165, 1.54) is 0 Å². The van der Waals surface area contributed by atoms with Gasteiger partial charge in [-0.05, 0) is 6.42 Å². The van der Waals surface area contributed by atoms with Gasteiger partial charge < -0.3 is 10.2 Å². The molecule has 88 valence electrons. The summed E-state index contributed by atoms with van der Waals surface area (Å²) in [5, 5.41) is 0. The van der Waals surface area contributed by atoms with Crippen molar-refractivity contribution in [2.45, 2.75) is 19.1 Å². The predicted octanol–water partition coefficient (Wildman–Crippen LogP) is -0.0171. The Hall–Kier alpha value is -1.24. The number of nitrogen functional groups attached to an aromatic ring is 1. The van der Waals surface area contributed by atoms with Crippen LogP contribution in [0.3, 0.4) is 0 Å². The minimum Gasteiger partial charge on any atom is -0.380 e. The van der Waals surface area contributed by atoms with Crippen molar-refractivity contribution in [3.63, 3.8) is 0 Å². The fraction of sp³-hybridized carbons (Fsp3) is 0.600. The zero-order valence-corrected chi connectivity index (χ0v) is 9.39. The molecule has 0 bridgehead atoms. The van der Waals surface area contributed by atoms with Gasteiger partial charge in [-0.15, -0.1) is 0 Å². The van der Waals surface area contributed by atoms with Crippen molar-refractivity contribution in [1.82, 2.24) is 14.9 Å². The predicted molar refractivity (Wildman–Crippen MR) is 60.5 cm³/mol. The molecule has 6 heteroatoms. The van der Waals surface area contributed by atoms with Crippen LogP contribution in [0.1, 0.15) is 12.1 Å². The van der Waals surface area contributed by atoms with E-state index in [1.807, 2.05) is 0 Å². The van der Waals surface area contributed by atoms with Gasteiger partial charge in [0.15, 0.2) is 5.82 Å². The second kappa shape index (κ2) is 5.20. The highest BCUT2D eigenvalue weighted by Crippen LogP contribution is 2.14. The molecule has 1 aromatic heterocycles. The zero-order valence-electron chi connectivity index (χ0n) is 9.39. The second-order valence-electron chi connectivity index (χ2n) is 3.92. The number of hydrazine groups is 1. The number of likely N-dealkylation sites (tertiary alicyclic amines) is 1. The highest BCUT2D eigenvalue weighted by molar-refractivity contribution is 5.28. The molecule has 0 aromatic carbocycles. The number of rotatable bonds is 4. The molecule has 1 saturated heterocycles. The third-order valence-corrected chi connectivity index (χ3v) is 2.80. The second-order valence-corrected chi connectivity index (χ2v) is 3.92. The molecule has 0 radical (unpaired) electrons. The Labute approximate surface area is 94.8 Å². The Morgan fingerprint density at radius 3 is 3.00 bits per heavy atom. The largest absolute Gasteiger partial charge is 0.380 e. The summed E-state index contributed by atoms with van der Waals surface area (Å²) in [5.74, 6) is 5.80. The molecule has 2 heterocycles. The van der Waals surface area contributed by atoms with Crippen LogP contribution in [0.5, 0.6) is 0 Å². The molecular formula is C10H17N5O. The Morgan fingerprint density at radius 2 is 2.44 bits per heavy atom. The highest BCUT2D eigenvalue weighted by Gasteiger charge is 2.22. The van der Waals surface area contributed by atoms with Crippen LogP contribution in [0.15, 0.2) is 12.4 Å². The van der Waals surface area contributed by atoms with Gasteiger partial charge in [0, 0.05) is 26.7 Å². The van der Waals surface area contributed by atoms with Crippen LogP contribution < -0.4 is 11.3 Å². The van der Waals surface area contributed by atoms with Crippen molar-refractivity contribution < 1.29 is 4.74 Å². The maximum Gasteiger partial charge on any atom is 0.158 e. The van der Waals surface area contributed by atoms with Crippen LogP contribution in [0.25, 0.3) is 0 Å². The van der Waals surface area contributed by atoms with Gasteiger partial charge in [-0.25, -0.2) is 10.8 Å². The van der Waals surface area contributed by atoms with E-state index in [2.05, 4.69) is 20.3 Å². The molecule has 1 aromatic rings. The van der Waals surface area contributed by atoms with Gasteiger partial charge in [0.05, 0.1) is 24.2 Å². The number of hydrogen-bond acceptors (Lipinski definition) is 6. The summed E-state index contributed by atoms with van der Waals surface area (Å²) in [7, 11) is 1.76. The van der Waals surface area contributed by atoms with Crippen molar-refractivity contribution in [2.24, 2.45) is 5.84 Å². The van der Waals surface area contributed by atoms with Gasteiger partial charge in [-0.1, -0.05) is 0 Å². The molecule has 0 amide bonds. The molecule has 1 unspecified atom stereocenters. The molecule has 1 atom stereocenters. The maximum absolute atomic E-state index is 5.31. The summed E-state index contributed by atoms with van der Waals surface area (Å²) in [6, 6.07) is 0. The zero-order chi connectivity index (χ0) is 11.4. The van der Waals surface area contributed by atoms with Crippen LogP contribution in [0.2, 0.25) is 0 Å². The highest BCUT2D eigenvalue weighted by atomic mass is 16.5. The van der Waals surface area contributed by atoms with Crippen molar-refractivity contribution in [3.05, 3.63) is 18.1 Å². The van der Waals surface area contributed by atoms with Crippen LogP contribution in [-0.4, -0.2) is 41.2 Å². The maximum atomic E-state index is 5.31. The van der Waals surface area contributed by atoms with Gasteiger partial charge in [0.2, 0.25) is 0 Å². The lowest BCUT2D eigenvalue weighted by molar-refractivity contribution is 0.107. The van der Waals surface area contributed by atoms with E-state index in [9.17, 15) is 0 Å². The number of hydrogen-bond donors (Lipinski definition) is 2. The van der Waals surface area contributed by atoms with Gasteiger partial charge in [0.25, 0.3) is 0 Å². The van der Waals surface area contributed by atoms with Crippen LogP contribution in [0.4, 0.5) is 5.82 Å².